The normalized spacial score (nSPS) is 10.5. The number of carbonyl (C=O) groups is 2. The topological polar surface area (TPSA) is 76.7 Å². The minimum Gasteiger partial charge on any atom is -0.493 e. The van der Waals surface area contributed by atoms with Crippen LogP contribution in [0.4, 0.5) is 18.9 Å². The molecule has 2 rings (SSSR count). The minimum atomic E-state index is -1.68. The minimum absolute atomic E-state index is 0.0410. The molecule has 9 heteroatoms. The molecule has 150 valence electrons. The van der Waals surface area contributed by atoms with Gasteiger partial charge in [0.15, 0.2) is 35.6 Å². The summed E-state index contributed by atoms with van der Waals surface area (Å²) in [5.74, 6) is -5.26. The second kappa shape index (κ2) is 9.12. The Hall–Kier alpha value is -3.23. The van der Waals surface area contributed by atoms with Crippen LogP contribution in [0.5, 0.6) is 11.5 Å². The molecule has 0 bridgehead atoms. The molecule has 28 heavy (non-hydrogen) atoms. The molecule has 0 atom stereocenters. The molecule has 0 fully saturated rings. The number of halogens is 3. The van der Waals surface area contributed by atoms with Crippen molar-refractivity contribution in [2.75, 3.05) is 19.0 Å². The van der Waals surface area contributed by atoms with Crippen LogP contribution in [-0.2, 0) is 4.79 Å². The Balaban J connectivity index is 2.13. The second-order valence-corrected chi connectivity index (χ2v) is 6.05. The first-order valence-corrected chi connectivity index (χ1v) is 8.28. The molecule has 0 spiro atoms. The van der Waals surface area contributed by atoms with E-state index in [1.807, 2.05) is 13.8 Å². The van der Waals surface area contributed by atoms with Crippen molar-refractivity contribution in [2.24, 2.45) is 0 Å². The van der Waals surface area contributed by atoms with Gasteiger partial charge in [0.1, 0.15) is 0 Å². The Bertz CT molecular complexity index is 888. The SMILES string of the molecule is COc1cc(C(=O)Nc2ccc(F)c(F)c2F)ccc1OCC(=O)NC(C)C. The Kier molecular flexibility index (Phi) is 6.86. The molecule has 0 saturated heterocycles. The number of nitrogens with one attached hydrogen (secondary N) is 2. The van der Waals surface area contributed by atoms with E-state index < -0.39 is 29.0 Å². The zero-order valence-corrected chi connectivity index (χ0v) is 15.4. The van der Waals surface area contributed by atoms with Gasteiger partial charge in [0.25, 0.3) is 11.8 Å². The number of rotatable bonds is 7. The van der Waals surface area contributed by atoms with Crippen LogP contribution in [0, 0.1) is 17.5 Å². The number of hydrogen-bond acceptors (Lipinski definition) is 4. The van der Waals surface area contributed by atoms with Gasteiger partial charge >= 0.3 is 0 Å². The lowest BCUT2D eigenvalue weighted by Gasteiger charge is -2.13. The fourth-order valence-corrected chi connectivity index (χ4v) is 2.25. The predicted octanol–water partition coefficient (Wildman–Crippen LogP) is 3.27. The van der Waals surface area contributed by atoms with E-state index in [0.717, 1.165) is 6.07 Å². The van der Waals surface area contributed by atoms with Gasteiger partial charge in [-0.2, -0.15) is 0 Å². The Morgan fingerprint density at radius 3 is 2.39 bits per heavy atom. The van der Waals surface area contributed by atoms with E-state index in [-0.39, 0.29) is 35.6 Å². The Morgan fingerprint density at radius 2 is 1.75 bits per heavy atom. The zero-order valence-electron chi connectivity index (χ0n) is 15.4. The van der Waals surface area contributed by atoms with E-state index in [1.165, 1.54) is 25.3 Å². The summed E-state index contributed by atoms with van der Waals surface area (Å²) in [4.78, 5) is 23.9. The van der Waals surface area contributed by atoms with Gasteiger partial charge in [0, 0.05) is 11.6 Å². The molecule has 0 aliphatic carbocycles. The maximum Gasteiger partial charge on any atom is 0.258 e. The Morgan fingerprint density at radius 1 is 1.04 bits per heavy atom. The first-order chi connectivity index (χ1) is 13.2. The smallest absolute Gasteiger partial charge is 0.258 e. The quantitative estimate of drug-likeness (QED) is 0.705. The third-order valence-electron chi connectivity index (χ3n) is 3.52. The van der Waals surface area contributed by atoms with E-state index in [9.17, 15) is 22.8 Å². The van der Waals surface area contributed by atoms with Gasteiger partial charge in [-0.25, -0.2) is 13.2 Å². The summed E-state index contributed by atoms with van der Waals surface area (Å²) in [5.41, 5.74) is -0.450. The molecule has 0 aromatic heterocycles. The fraction of sp³-hybridized carbons (Fsp3) is 0.263. The molecule has 6 nitrogen and oxygen atoms in total. The van der Waals surface area contributed by atoms with Crippen molar-refractivity contribution in [3.8, 4) is 11.5 Å². The number of hydrogen-bond donors (Lipinski definition) is 2. The highest BCUT2D eigenvalue weighted by atomic mass is 19.2. The molecule has 0 saturated carbocycles. The molecule has 2 N–H and O–H groups in total. The molecule has 0 aliphatic heterocycles. The molecular weight excluding hydrogens is 377 g/mol. The van der Waals surface area contributed by atoms with Gasteiger partial charge in [0.2, 0.25) is 0 Å². The van der Waals surface area contributed by atoms with Gasteiger partial charge in [-0.05, 0) is 44.2 Å². The van der Waals surface area contributed by atoms with Crippen LogP contribution >= 0.6 is 0 Å². The van der Waals surface area contributed by atoms with Crippen LogP contribution < -0.4 is 20.1 Å². The van der Waals surface area contributed by atoms with Crippen LogP contribution in [0.2, 0.25) is 0 Å². The third-order valence-corrected chi connectivity index (χ3v) is 3.52. The maximum absolute atomic E-state index is 13.7. The lowest BCUT2D eigenvalue weighted by Crippen LogP contribution is -2.34. The molecular formula is C19H19F3N2O4. The molecule has 0 heterocycles. The summed E-state index contributed by atoms with van der Waals surface area (Å²) in [6.07, 6.45) is 0. The molecule has 0 unspecified atom stereocenters. The van der Waals surface area contributed by atoms with E-state index >= 15 is 0 Å². The van der Waals surface area contributed by atoms with Gasteiger partial charge < -0.3 is 20.1 Å². The van der Waals surface area contributed by atoms with E-state index in [1.54, 1.807) is 0 Å². The summed E-state index contributed by atoms with van der Waals surface area (Å²) in [7, 11) is 1.34. The van der Waals surface area contributed by atoms with E-state index in [4.69, 9.17) is 9.47 Å². The predicted molar refractivity (Wildman–Crippen MR) is 96.0 cm³/mol. The lowest BCUT2D eigenvalue weighted by atomic mass is 10.1. The van der Waals surface area contributed by atoms with Gasteiger partial charge in [-0.3, -0.25) is 9.59 Å². The summed E-state index contributed by atoms with van der Waals surface area (Å²) < 4.78 is 50.5. The number of amides is 2. The van der Waals surface area contributed by atoms with Gasteiger partial charge in [-0.15, -0.1) is 0 Å². The van der Waals surface area contributed by atoms with Gasteiger partial charge in [-0.1, -0.05) is 0 Å². The Labute approximate surface area is 159 Å². The number of ether oxygens (including phenoxy) is 2. The van der Waals surface area contributed by atoms with E-state index in [2.05, 4.69) is 10.6 Å². The fourth-order valence-electron chi connectivity index (χ4n) is 2.25. The molecule has 0 aliphatic rings. The van der Waals surface area contributed by atoms with Crippen LogP contribution in [0.15, 0.2) is 30.3 Å². The van der Waals surface area contributed by atoms with Crippen molar-refractivity contribution in [3.63, 3.8) is 0 Å². The van der Waals surface area contributed by atoms with E-state index in [0.29, 0.717) is 6.07 Å². The summed E-state index contributed by atoms with van der Waals surface area (Å²) in [6.45, 7) is 3.36. The highest BCUT2D eigenvalue weighted by Crippen LogP contribution is 2.29. The number of anilines is 1. The number of methoxy groups -OCH3 is 1. The molecule has 0 radical (unpaired) electrons. The van der Waals surface area contributed by atoms with Crippen molar-refractivity contribution in [1.29, 1.82) is 0 Å². The summed E-state index contributed by atoms with van der Waals surface area (Å²) in [5, 5.41) is 4.82. The average Bonchev–Trinajstić information content (AvgIpc) is 2.66. The van der Waals surface area contributed by atoms with Crippen molar-refractivity contribution in [1.82, 2.24) is 5.32 Å². The largest absolute Gasteiger partial charge is 0.493 e. The molecule has 2 aromatic carbocycles. The number of benzene rings is 2. The average molecular weight is 396 g/mol. The standard InChI is InChI=1S/C19H19F3N2O4/c1-10(2)23-16(25)9-28-14-7-4-11(8-15(14)27-3)19(26)24-13-6-5-12(20)17(21)18(13)22/h4-8,10H,9H2,1-3H3,(H,23,25)(H,24,26). The first-order valence-electron chi connectivity index (χ1n) is 8.28. The van der Waals surface area contributed by atoms with Crippen LogP contribution in [0.1, 0.15) is 24.2 Å². The maximum atomic E-state index is 13.7. The highest BCUT2D eigenvalue weighted by molar-refractivity contribution is 6.04. The summed E-state index contributed by atoms with van der Waals surface area (Å²) in [6, 6.07) is 5.63. The summed E-state index contributed by atoms with van der Waals surface area (Å²) >= 11 is 0. The van der Waals surface area contributed by atoms with Crippen LogP contribution in [0.25, 0.3) is 0 Å². The van der Waals surface area contributed by atoms with Gasteiger partial charge in [0.05, 0.1) is 12.8 Å². The van der Waals surface area contributed by atoms with Crippen LogP contribution in [-0.4, -0.2) is 31.6 Å². The molecule has 2 amide bonds. The first kappa shape index (κ1) is 21.1. The van der Waals surface area contributed by atoms with Crippen molar-refractivity contribution >= 4 is 17.5 Å². The monoisotopic (exact) mass is 396 g/mol. The molecule has 2 aromatic rings. The van der Waals surface area contributed by atoms with Crippen molar-refractivity contribution < 1.29 is 32.2 Å². The third kappa shape index (κ3) is 5.15. The zero-order chi connectivity index (χ0) is 20.8. The highest BCUT2D eigenvalue weighted by Gasteiger charge is 2.17. The van der Waals surface area contributed by atoms with Crippen molar-refractivity contribution in [2.45, 2.75) is 19.9 Å². The lowest BCUT2D eigenvalue weighted by molar-refractivity contribution is -0.123. The second-order valence-electron chi connectivity index (χ2n) is 6.05. The van der Waals surface area contributed by atoms with Crippen molar-refractivity contribution in [3.05, 3.63) is 53.3 Å². The number of carbonyl (C=O) groups excluding carboxylic acids is 2. The van der Waals surface area contributed by atoms with Crippen LogP contribution in [0.3, 0.4) is 0 Å².